The predicted octanol–water partition coefficient (Wildman–Crippen LogP) is 0.781. The van der Waals surface area contributed by atoms with Crippen molar-refractivity contribution in [1.29, 1.82) is 0 Å². The van der Waals surface area contributed by atoms with Crippen LogP contribution in [0.25, 0.3) is 0 Å². The Kier molecular flexibility index (Phi) is 3.14. The zero-order chi connectivity index (χ0) is 9.68. The first kappa shape index (κ1) is 9.38. The molecule has 1 amide bonds. The SMILES string of the molecule is C=CC(C)NC(=O)c1ncccn1. The van der Waals surface area contributed by atoms with E-state index in [2.05, 4.69) is 21.9 Å². The fourth-order valence-corrected chi connectivity index (χ4v) is 0.747. The molecule has 13 heavy (non-hydrogen) atoms. The molecule has 1 rings (SSSR count). The van der Waals surface area contributed by atoms with Crippen LogP contribution in [0.3, 0.4) is 0 Å². The summed E-state index contributed by atoms with van der Waals surface area (Å²) in [6.45, 7) is 5.38. The Morgan fingerprint density at radius 1 is 1.62 bits per heavy atom. The van der Waals surface area contributed by atoms with E-state index in [1.807, 2.05) is 6.92 Å². The van der Waals surface area contributed by atoms with E-state index in [9.17, 15) is 4.79 Å². The van der Waals surface area contributed by atoms with Gasteiger partial charge >= 0.3 is 0 Å². The molecule has 0 aliphatic heterocycles. The highest BCUT2D eigenvalue weighted by molar-refractivity contribution is 5.90. The summed E-state index contributed by atoms with van der Waals surface area (Å²) >= 11 is 0. The van der Waals surface area contributed by atoms with Crippen molar-refractivity contribution in [3.63, 3.8) is 0 Å². The van der Waals surface area contributed by atoms with Crippen LogP contribution in [0.15, 0.2) is 31.1 Å². The second-order valence-electron chi connectivity index (χ2n) is 2.57. The molecule has 0 bridgehead atoms. The second kappa shape index (κ2) is 4.35. The summed E-state index contributed by atoms with van der Waals surface area (Å²) in [5.41, 5.74) is 0. The quantitative estimate of drug-likeness (QED) is 0.694. The van der Waals surface area contributed by atoms with Gasteiger partial charge in [0, 0.05) is 18.4 Å². The number of amides is 1. The van der Waals surface area contributed by atoms with Crippen LogP contribution in [0, 0.1) is 0 Å². The summed E-state index contributed by atoms with van der Waals surface area (Å²) in [5, 5.41) is 2.66. The Bertz CT molecular complexity index is 297. The molecule has 0 aliphatic carbocycles. The maximum Gasteiger partial charge on any atom is 0.289 e. The number of carbonyl (C=O) groups excluding carboxylic acids is 1. The molecule has 0 saturated heterocycles. The van der Waals surface area contributed by atoms with Crippen LogP contribution >= 0.6 is 0 Å². The van der Waals surface area contributed by atoms with Crippen molar-refractivity contribution in [3.05, 3.63) is 36.9 Å². The molecule has 1 atom stereocenters. The minimum Gasteiger partial charge on any atom is -0.343 e. The lowest BCUT2D eigenvalue weighted by Gasteiger charge is -2.06. The van der Waals surface area contributed by atoms with Gasteiger partial charge in [0.2, 0.25) is 5.82 Å². The summed E-state index contributed by atoms with van der Waals surface area (Å²) in [4.78, 5) is 18.9. The van der Waals surface area contributed by atoms with E-state index in [4.69, 9.17) is 0 Å². The summed E-state index contributed by atoms with van der Waals surface area (Å²) in [5.74, 6) is -0.107. The lowest BCUT2D eigenvalue weighted by atomic mass is 10.3. The molecule has 0 aliphatic rings. The first-order chi connectivity index (χ1) is 6.24. The monoisotopic (exact) mass is 177 g/mol. The third kappa shape index (κ3) is 2.66. The summed E-state index contributed by atoms with van der Waals surface area (Å²) in [6.07, 6.45) is 4.70. The molecule has 4 nitrogen and oxygen atoms in total. The van der Waals surface area contributed by atoms with Gasteiger partial charge in [0.15, 0.2) is 0 Å². The van der Waals surface area contributed by atoms with Gasteiger partial charge in [-0.2, -0.15) is 0 Å². The van der Waals surface area contributed by atoms with Crippen molar-refractivity contribution >= 4 is 5.91 Å². The fraction of sp³-hybridized carbons (Fsp3) is 0.222. The number of rotatable bonds is 3. The molecule has 1 N–H and O–H groups in total. The van der Waals surface area contributed by atoms with E-state index < -0.39 is 0 Å². The minimum atomic E-state index is -0.284. The Labute approximate surface area is 76.7 Å². The standard InChI is InChI=1S/C9H11N3O/c1-3-7(2)12-9(13)8-10-5-4-6-11-8/h3-7H,1H2,2H3,(H,12,13). The van der Waals surface area contributed by atoms with E-state index in [1.165, 1.54) is 12.4 Å². The van der Waals surface area contributed by atoms with Gasteiger partial charge < -0.3 is 5.32 Å². The number of hydrogen-bond donors (Lipinski definition) is 1. The molecular weight excluding hydrogens is 166 g/mol. The van der Waals surface area contributed by atoms with E-state index in [0.717, 1.165) is 0 Å². The molecule has 0 saturated carbocycles. The molecule has 0 radical (unpaired) electrons. The van der Waals surface area contributed by atoms with Crippen molar-refractivity contribution in [2.24, 2.45) is 0 Å². The van der Waals surface area contributed by atoms with Gasteiger partial charge in [-0.25, -0.2) is 9.97 Å². The highest BCUT2D eigenvalue weighted by Crippen LogP contribution is 1.89. The number of carbonyl (C=O) groups is 1. The maximum atomic E-state index is 11.3. The third-order valence-electron chi connectivity index (χ3n) is 1.48. The van der Waals surface area contributed by atoms with Crippen molar-refractivity contribution in [2.75, 3.05) is 0 Å². The van der Waals surface area contributed by atoms with Crippen LogP contribution in [-0.2, 0) is 0 Å². The zero-order valence-corrected chi connectivity index (χ0v) is 7.40. The Morgan fingerprint density at radius 2 is 2.23 bits per heavy atom. The molecule has 0 fully saturated rings. The van der Waals surface area contributed by atoms with Gasteiger partial charge in [0.25, 0.3) is 5.91 Å². The number of nitrogens with one attached hydrogen (secondary N) is 1. The average molecular weight is 177 g/mol. The van der Waals surface area contributed by atoms with Gasteiger partial charge in [-0.1, -0.05) is 6.08 Å². The van der Waals surface area contributed by atoms with Crippen molar-refractivity contribution in [3.8, 4) is 0 Å². The molecule has 1 aromatic rings. The molecular formula is C9H11N3O. The largest absolute Gasteiger partial charge is 0.343 e. The summed E-state index contributed by atoms with van der Waals surface area (Å²) < 4.78 is 0. The van der Waals surface area contributed by atoms with E-state index in [-0.39, 0.29) is 17.8 Å². The molecule has 4 heteroatoms. The number of nitrogens with zero attached hydrogens (tertiary/aromatic N) is 2. The van der Waals surface area contributed by atoms with Crippen LogP contribution in [0.5, 0.6) is 0 Å². The van der Waals surface area contributed by atoms with Crippen molar-refractivity contribution < 1.29 is 4.79 Å². The van der Waals surface area contributed by atoms with E-state index >= 15 is 0 Å². The van der Waals surface area contributed by atoms with Gasteiger partial charge in [-0.3, -0.25) is 4.79 Å². The molecule has 1 heterocycles. The topological polar surface area (TPSA) is 54.9 Å². The van der Waals surface area contributed by atoms with Gasteiger partial charge in [0.05, 0.1) is 0 Å². The van der Waals surface area contributed by atoms with Gasteiger partial charge in [-0.05, 0) is 13.0 Å². The highest BCUT2D eigenvalue weighted by Gasteiger charge is 2.08. The molecule has 1 aromatic heterocycles. The maximum absolute atomic E-state index is 11.3. The minimum absolute atomic E-state index is 0.0729. The Hall–Kier alpha value is -1.71. The normalized spacial score (nSPS) is 11.8. The first-order valence-corrected chi connectivity index (χ1v) is 3.94. The smallest absolute Gasteiger partial charge is 0.289 e. The second-order valence-corrected chi connectivity index (χ2v) is 2.57. The Morgan fingerprint density at radius 3 is 2.77 bits per heavy atom. The summed E-state index contributed by atoms with van der Waals surface area (Å²) in [7, 11) is 0. The number of aromatic nitrogens is 2. The lowest BCUT2D eigenvalue weighted by molar-refractivity contribution is 0.0936. The third-order valence-corrected chi connectivity index (χ3v) is 1.48. The Balaban J connectivity index is 2.64. The number of hydrogen-bond acceptors (Lipinski definition) is 3. The zero-order valence-electron chi connectivity index (χ0n) is 7.40. The average Bonchev–Trinajstić information content (AvgIpc) is 2.19. The van der Waals surface area contributed by atoms with Crippen LogP contribution in [0.1, 0.15) is 17.5 Å². The molecule has 0 aromatic carbocycles. The van der Waals surface area contributed by atoms with E-state index in [1.54, 1.807) is 12.1 Å². The van der Waals surface area contributed by atoms with Gasteiger partial charge in [-0.15, -0.1) is 6.58 Å². The summed E-state index contributed by atoms with van der Waals surface area (Å²) in [6, 6.07) is 1.59. The molecule has 0 spiro atoms. The van der Waals surface area contributed by atoms with Crippen LogP contribution < -0.4 is 5.32 Å². The molecule has 1 unspecified atom stereocenters. The van der Waals surface area contributed by atoms with Crippen molar-refractivity contribution in [1.82, 2.24) is 15.3 Å². The first-order valence-electron chi connectivity index (χ1n) is 3.94. The lowest BCUT2D eigenvalue weighted by Crippen LogP contribution is -2.32. The van der Waals surface area contributed by atoms with Crippen LogP contribution in [-0.4, -0.2) is 21.9 Å². The highest BCUT2D eigenvalue weighted by atomic mass is 16.2. The van der Waals surface area contributed by atoms with E-state index in [0.29, 0.717) is 0 Å². The fourth-order valence-electron chi connectivity index (χ4n) is 0.747. The van der Waals surface area contributed by atoms with Crippen LogP contribution in [0.2, 0.25) is 0 Å². The predicted molar refractivity (Wildman–Crippen MR) is 49.2 cm³/mol. The van der Waals surface area contributed by atoms with Gasteiger partial charge in [0.1, 0.15) is 0 Å². The molecule has 68 valence electrons. The van der Waals surface area contributed by atoms with Crippen LogP contribution in [0.4, 0.5) is 0 Å². The van der Waals surface area contributed by atoms with Crippen molar-refractivity contribution in [2.45, 2.75) is 13.0 Å².